The van der Waals surface area contributed by atoms with Gasteiger partial charge in [-0.25, -0.2) is 5.84 Å². The van der Waals surface area contributed by atoms with Gasteiger partial charge in [0.15, 0.2) is 0 Å². The third-order valence-corrected chi connectivity index (χ3v) is 3.57. The minimum Gasteiger partial charge on any atom is -0.338 e. The van der Waals surface area contributed by atoms with E-state index in [2.05, 4.69) is 12.3 Å². The Balaban J connectivity index is 2.07. The van der Waals surface area contributed by atoms with Crippen molar-refractivity contribution in [1.29, 1.82) is 0 Å². The van der Waals surface area contributed by atoms with E-state index in [1.807, 2.05) is 11.0 Å². The Bertz CT molecular complexity index is 487. The molecule has 0 aliphatic carbocycles. The molecule has 0 aromatic heterocycles. The maximum absolute atomic E-state index is 11.8. The van der Waals surface area contributed by atoms with Crippen molar-refractivity contribution in [3.63, 3.8) is 0 Å². The Morgan fingerprint density at radius 3 is 2.95 bits per heavy atom. The molecule has 0 saturated carbocycles. The molecule has 2 amide bonds. The molecule has 5 heteroatoms. The fourth-order valence-corrected chi connectivity index (χ4v) is 2.39. The van der Waals surface area contributed by atoms with Crippen LogP contribution in [0.2, 0.25) is 0 Å². The van der Waals surface area contributed by atoms with Crippen LogP contribution in [0.25, 0.3) is 0 Å². The minimum atomic E-state index is -0.318. The Morgan fingerprint density at radius 1 is 1.53 bits per heavy atom. The van der Waals surface area contributed by atoms with Crippen LogP contribution in [0.3, 0.4) is 0 Å². The Hall–Kier alpha value is -1.88. The predicted molar refractivity (Wildman–Crippen MR) is 71.9 cm³/mol. The van der Waals surface area contributed by atoms with Gasteiger partial charge in [0.05, 0.1) is 0 Å². The highest BCUT2D eigenvalue weighted by atomic mass is 16.2. The summed E-state index contributed by atoms with van der Waals surface area (Å²) >= 11 is 0. The van der Waals surface area contributed by atoms with Gasteiger partial charge in [0.25, 0.3) is 5.91 Å². The van der Waals surface area contributed by atoms with E-state index in [4.69, 9.17) is 5.84 Å². The van der Waals surface area contributed by atoms with Crippen molar-refractivity contribution in [3.05, 3.63) is 35.4 Å². The van der Waals surface area contributed by atoms with Crippen molar-refractivity contribution in [2.45, 2.75) is 26.3 Å². The normalized spacial score (nSPS) is 18.7. The lowest BCUT2D eigenvalue weighted by Gasteiger charge is -2.16. The number of benzene rings is 1. The second-order valence-corrected chi connectivity index (χ2v) is 4.93. The number of hydrogen-bond acceptors (Lipinski definition) is 3. The number of hydrogen-bond donors (Lipinski definition) is 2. The van der Waals surface area contributed by atoms with Crippen LogP contribution in [-0.2, 0) is 11.3 Å². The summed E-state index contributed by atoms with van der Waals surface area (Å²) in [7, 11) is 0. The molecule has 3 N–H and O–H groups in total. The van der Waals surface area contributed by atoms with E-state index in [0.717, 1.165) is 18.5 Å². The van der Waals surface area contributed by atoms with Crippen molar-refractivity contribution < 1.29 is 9.59 Å². The number of nitrogens with zero attached hydrogens (tertiary/aromatic N) is 1. The molecule has 19 heavy (non-hydrogen) atoms. The van der Waals surface area contributed by atoms with Crippen LogP contribution < -0.4 is 11.3 Å². The number of carbonyl (C=O) groups is 2. The number of nitrogen functional groups attached to an aromatic ring is 1. The second-order valence-electron chi connectivity index (χ2n) is 4.93. The van der Waals surface area contributed by atoms with Crippen LogP contribution in [0, 0.1) is 5.92 Å². The summed E-state index contributed by atoms with van der Waals surface area (Å²) in [6.45, 7) is 3.47. The molecule has 1 fully saturated rings. The highest BCUT2D eigenvalue weighted by Crippen LogP contribution is 2.22. The van der Waals surface area contributed by atoms with E-state index < -0.39 is 0 Å². The fourth-order valence-electron chi connectivity index (χ4n) is 2.39. The van der Waals surface area contributed by atoms with Gasteiger partial charge in [-0.1, -0.05) is 25.5 Å². The van der Waals surface area contributed by atoms with Gasteiger partial charge in [-0.05, 0) is 23.6 Å². The molecule has 1 aromatic carbocycles. The zero-order valence-corrected chi connectivity index (χ0v) is 11.1. The largest absolute Gasteiger partial charge is 0.338 e. The Labute approximate surface area is 112 Å². The van der Waals surface area contributed by atoms with Gasteiger partial charge in [-0.3, -0.25) is 15.0 Å². The van der Waals surface area contributed by atoms with Crippen LogP contribution in [0.15, 0.2) is 24.3 Å². The Morgan fingerprint density at radius 2 is 2.32 bits per heavy atom. The van der Waals surface area contributed by atoms with Crippen LogP contribution in [-0.4, -0.2) is 23.3 Å². The molecule has 1 aromatic rings. The molecular weight excluding hydrogens is 242 g/mol. The summed E-state index contributed by atoms with van der Waals surface area (Å²) in [4.78, 5) is 25.2. The highest BCUT2D eigenvalue weighted by molar-refractivity contribution is 5.93. The summed E-state index contributed by atoms with van der Waals surface area (Å²) in [6, 6.07) is 7.19. The third kappa shape index (κ3) is 3.12. The van der Waals surface area contributed by atoms with Gasteiger partial charge in [0, 0.05) is 25.1 Å². The number of amides is 2. The fraction of sp³-hybridized carbons (Fsp3) is 0.429. The van der Waals surface area contributed by atoms with E-state index in [1.165, 1.54) is 0 Å². The number of likely N-dealkylation sites (tertiary alicyclic amines) is 1. The van der Waals surface area contributed by atoms with Gasteiger partial charge in [0.2, 0.25) is 5.91 Å². The summed E-state index contributed by atoms with van der Waals surface area (Å²) < 4.78 is 0. The van der Waals surface area contributed by atoms with Crippen molar-refractivity contribution >= 4 is 11.8 Å². The molecule has 1 aliphatic rings. The van der Waals surface area contributed by atoms with Gasteiger partial charge in [-0.15, -0.1) is 0 Å². The van der Waals surface area contributed by atoms with Crippen LogP contribution in [0.5, 0.6) is 0 Å². The highest BCUT2D eigenvalue weighted by Gasteiger charge is 2.28. The van der Waals surface area contributed by atoms with Gasteiger partial charge in [-0.2, -0.15) is 0 Å². The predicted octanol–water partition coefficient (Wildman–Crippen LogP) is 1.05. The molecule has 5 nitrogen and oxygen atoms in total. The van der Waals surface area contributed by atoms with Crippen molar-refractivity contribution in [3.8, 4) is 0 Å². The van der Waals surface area contributed by atoms with Gasteiger partial charge < -0.3 is 4.90 Å². The van der Waals surface area contributed by atoms with Crippen molar-refractivity contribution in [2.24, 2.45) is 11.8 Å². The molecule has 102 valence electrons. The second kappa shape index (κ2) is 5.84. The van der Waals surface area contributed by atoms with Crippen LogP contribution in [0.4, 0.5) is 0 Å². The number of hydrazine groups is 1. The average Bonchev–Trinajstić information content (AvgIpc) is 2.79. The molecule has 0 spiro atoms. The van der Waals surface area contributed by atoms with Crippen molar-refractivity contribution in [1.82, 2.24) is 10.3 Å². The summed E-state index contributed by atoms with van der Waals surface area (Å²) in [6.07, 6.45) is 1.66. The summed E-state index contributed by atoms with van der Waals surface area (Å²) in [5, 5.41) is 0. The third-order valence-electron chi connectivity index (χ3n) is 3.57. The molecule has 1 unspecified atom stereocenters. The summed E-state index contributed by atoms with van der Waals surface area (Å²) in [5.41, 5.74) is 3.57. The van der Waals surface area contributed by atoms with Crippen LogP contribution >= 0.6 is 0 Å². The first-order chi connectivity index (χ1) is 9.13. The number of nitrogens with one attached hydrogen (secondary N) is 1. The quantitative estimate of drug-likeness (QED) is 0.483. The van der Waals surface area contributed by atoms with Gasteiger partial charge in [0.1, 0.15) is 0 Å². The van der Waals surface area contributed by atoms with E-state index in [0.29, 0.717) is 24.4 Å². The molecule has 1 heterocycles. The SMILES string of the molecule is CCC1CC(=O)N(Cc2cccc(C(=O)NN)c2)C1. The molecule has 1 aliphatic heterocycles. The minimum absolute atomic E-state index is 0.195. The first kappa shape index (κ1) is 13.5. The molecule has 1 saturated heterocycles. The molecule has 0 bridgehead atoms. The van der Waals surface area contributed by atoms with E-state index >= 15 is 0 Å². The zero-order valence-electron chi connectivity index (χ0n) is 11.1. The molecule has 1 atom stereocenters. The molecule has 2 rings (SSSR count). The Kier molecular flexibility index (Phi) is 4.16. The van der Waals surface area contributed by atoms with Gasteiger partial charge >= 0.3 is 0 Å². The van der Waals surface area contributed by atoms with E-state index in [-0.39, 0.29) is 11.8 Å². The summed E-state index contributed by atoms with van der Waals surface area (Å²) in [5.74, 6) is 5.45. The lowest BCUT2D eigenvalue weighted by molar-refractivity contribution is -0.128. The number of rotatable bonds is 4. The lowest BCUT2D eigenvalue weighted by atomic mass is 10.1. The molecule has 0 radical (unpaired) electrons. The molecular formula is C14H19N3O2. The zero-order chi connectivity index (χ0) is 13.8. The standard InChI is InChI=1S/C14H19N3O2/c1-2-10-7-13(18)17(8-10)9-11-4-3-5-12(6-11)14(19)16-15/h3-6,10H,2,7-9,15H2,1H3,(H,16,19). The maximum atomic E-state index is 11.8. The van der Waals surface area contributed by atoms with Crippen molar-refractivity contribution in [2.75, 3.05) is 6.54 Å². The van der Waals surface area contributed by atoms with E-state index in [1.54, 1.807) is 18.2 Å². The average molecular weight is 261 g/mol. The number of carbonyl (C=O) groups excluding carboxylic acids is 2. The smallest absolute Gasteiger partial charge is 0.265 e. The maximum Gasteiger partial charge on any atom is 0.265 e. The van der Waals surface area contributed by atoms with Crippen LogP contribution in [0.1, 0.15) is 35.7 Å². The lowest BCUT2D eigenvalue weighted by Crippen LogP contribution is -2.30. The van der Waals surface area contributed by atoms with E-state index in [9.17, 15) is 9.59 Å². The first-order valence-corrected chi connectivity index (χ1v) is 6.51. The monoisotopic (exact) mass is 261 g/mol. The number of nitrogens with two attached hydrogens (primary N) is 1. The topological polar surface area (TPSA) is 75.4 Å². The first-order valence-electron chi connectivity index (χ1n) is 6.51.